The van der Waals surface area contributed by atoms with Crippen LogP contribution in [0, 0.1) is 0 Å². The molecule has 0 amide bonds. The Morgan fingerprint density at radius 2 is 0.914 bits per heavy atom. The van der Waals surface area contributed by atoms with Gasteiger partial charge in [0.1, 0.15) is 8.07 Å². The average Bonchev–Trinajstić information content (AvgIpc) is 3.66. The van der Waals surface area contributed by atoms with Gasteiger partial charge in [0.15, 0.2) is 0 Å². The molecule has 6 heterocycles. The van der Waals surface area contributed by atoms with Gasteiger partial charge in [-0.05, 0) is 53.6 Å². The van der Waals surface area contributed by atoms with E-state index in [9.17, 15) is 0 Å². The highest BCUT2D eigenvalue weighted by molar-refractivity contribution is 9.15. The van der Waals surface area contributed by atoms with Crippen molar-refractivity contribution in [2.24, 2.45) is 0 Å². The van der Waals surface area contributed by atoms with Gasteiger partial charge in [-0.1, -0.05) is 90.8 Å². The molecule has 3 aromatic rings. The molecule has 0 aromatic carbocycles. The maximum absolute atomic E-state index is 4.47. The third-order valence-corrected chi connectivity index (χ3v) is 32.6. The molecular weight excluding hydrogens is 760 g/mol. The quantitative estimate of drug-likeness (QED) is 0.181. The molecule has 0 radical (unpaired) electrons. The minimum absolute atomic E-state index is 0.0379. The van der Waals surface area contributed by atoms with Crippen LogP contribution in [0.25, 0.3) is 14.7 Å². The summed E-state index contributed by atoms with van der Waals surface area (Å²) in [5.74, 6) is 0. The molecule has 3 atom stereocenters. The van der Waals surface area contributed by atoms with Crippen molar-refractivity contribution in [1.82, 2.24) is 0 Å². The second kappa shape index (κ2) is 9.89. The van der Waals surface area contributed by atoms with Gasteiger partial charge in [0, 0.05) is 29.3 Å². The van der Waals surface area contributed by atoms with Gasteiger partial charge < -0.3 is 0 Å². The Kier molecular flexibility index (Phi) is 7.42. The van der Waals surface area contributed by atoms with Crippen molar-refractivity contribution in [3.05, 3.63) is 85.4 Å². The molecule has 3 aliphatic heterocycles. The van der Waals surface area contributed by atoms with Crippen LogP contribution in [0.15, 0.2) is 70.8 Å². The summed E-state index contributed by atoms with van der Waals surface area (Å²) in [5.41, 5.74) is 0. The largest absolute Gasteiger partial charge is 0.145 e. The lowest BCUT2D eigenvalue weighted by molar-refractivity contribution is 0.919. The molecule has 3 unspecified atom stereocenters. The topological polar surface area (TPSA) is 0 Å². The molecule has 6 rings (SSSR count). The number of hydrogen-bond acceptors (Lipinski definition) is 6. The Morgan fingerprint density at radius 3 is 1.17 bits per heavy atom. The van der Waals surface area contributed by atoms with E-state index in [0.717, 1.165) is 19.3 Å². The summed E-state index contributed by atoms with van der Waals surface area (Å²) in [6.45, 7) is 2.64. The van der Waals surface area contributed by atoms with Crippen LogP contribution in [0.4, 0.5) is 0 Å². The van der Waals surface area contributed by atoms with Crippen molar-refractivity contribution in [2.45, 2.75) is 35.6 Å². The SMILES string of the molecule is C[Si](C1(Br)CC=C(c2cccs2)S1)(C1(Br)CC=C(c2cccs2)S1)C1(Br)CC=C(c2cccs2)S1. The van der Waals surface area contributed by atoms with Crippen molar-refractivity contribution in [3.63, 3.8) is 0 Å². The average molecular weight is 782 g/mol. The summed E-state index contributed by atoms with van der Waals surface area (Å²) in [6.07, 6.45) is 10.5. The number of alkyl halides is 3. The lowest BCUT2D eigenvalue weighted by atomic mass is 10.3. The van der Waals surface area contributed by atoms with Crippen molar-refractivity contribution >= 4 is 140 Å². The number of hydrogen-bond donors (Lipinski definition) is 0. The molecule has 3 aliphatic rings. The van der Waals surface area contributed by atoms with Gasteiger partial charge in [0.05, 0.1) is 9.84 Å². The normalized spacial score (nSPS) is 32.4. The predicted octanol–water partition coefficient (Wildman–Crippen LogP) is 11.7. The van der Waals surface area contributed by atoms with Crippen LogP contribution in [0.2, 0.25) is 6.55 Å². The summed E-state index contributed by atoms with van der Waals surface area (Å²) in [5, 5.41) is 6.56. The van der Waals surface area contributed by atoms with Crippen molar-refractivity contribution in [3.8, 4) is 0 Å². The zero-order valence-corrected chi connectivity index (χ0v) is 29.3. The van der Waals surface area contributed by atoms with E-state index >= 15 is 0 Å². The zero-order valence-electron chi connectivity index (χ0n) is 18.6. The maximum atomic E-state index is 4.47. The van der Waals surface area contributed by atoms with Crippen molar-refractivity contribution < 1.29 is 0 Å². The molecule has 0 saturated carbocycles. The fourth-order valence-corrected chi connectivity index (χ4v) is 33.5. The first-order valence-electron chi connectivity index (χ1n) is 11.1. The second-order valence-corrected chi connectivity index (χ2v) is 29.5. The highest BCUT2D eigenvalue weighted by Gasteiger charge is 2.72. The van der Waals surface area contributed by atoms with E-state index < -0.39 is 8.07 Å². The monoisotopic (exact) mass is 778 g/mol. The Labute approximate surface area is 257 Å². The first-order valence-corrected chi connectivity index (χ1v) is 21.1. The Morgan fingerprint density at radius 1 is 0.600 bits per heavy atom. The van der Waals surface area contributed by atoms with Crippen LogP contribution in [0.3, 0.4) is 0 Å². The minimum atomic E-state index is -2.29. The Hall–Kier alpha value is 1.03. The van der Waals surface area contributed by atoms with Gasteiger partial charge in [-0.2, -0.15) is 0 Å². The summed E-state index contributed by atoms with van der Waals surface area (Å²) in [4.78, 5) is 8.42. The van der Waals surface area contributed by atoms with Crippen LogP contribution in [-0.4, -0.2) is 17.9 Å². The fraction of sp³-hybridized carbons (Fsp3) is 0.280. The molecule has 0 fully saturated rings. The maximum Gasteiger partial charge on any atom is 0.145 e. The summed E-state index contributed by atoms with van der Waals surface area (Å²) in [7, 11) is -2.29. The summed E-state index contributed by atoms with van der Waals surface area (Å²) < 4.78 is -0.114. The lowest BCUT2D eigenvalue weighted by Crippen LogP contribution is -2.71. The molecule has 10 heteroatoms. The minimum Gasteiger partial charge on any atom is -0.143 e. The lowest BCUT2D eigenvalue weighted by Gasteiger charge is -2.56. The van der Waals surface area contributed by atoms with Crippen LogP contribution in [-0.2, 0) is 0 Å². The highest BCUT2D eigenvalue weighted by Crippen LogP contribution is 2.73. The molecule has 3 aromatic heterocycles. The fourth-order valence-electron chi connectivity index (χ4n) is 4.91. The Bertz CT molecular complexity index is 1150. The zero-order chi connectivity index (χ0) is 24.3. The van der Waals surface area contributed by atoms with E-state index in [-0.39, 0.29) is 9.84 Å². The predicted molar refractivity (Wildman–Crippen MR) is 180 cm³/mol. The van der Waals surface area contributed by atoms with Gasteiger partial charge in [-0.3, -0.25) is 0 Å². The molecule has 0 aliphatic carbocycles. The molecule has 0 spiro atoms. The number of allylic oxidation sites excluding steroid dienone is 3. The van der Waals surface area contributed by atoms with Crippen LogP contribution >= 0.6 is 117 Å². The van der Waals surface area contributed by atoms with E-state index in [4.69, 9.17) is 0 Å². The van der Waals surface area contributed by atoms with Crippen molar-refractivity contribution in [2.75, 3.05) is 0 Å². The molecule has 0 N–H and O–H groups in total. The smallest absolute Gasteiger partial charge is 0.143 e. The number of thiophene rings is 3. The third kappa shape index (κ3) is 4.32. The van der Waals surface area contributed by atoms with Gasteiger partial charge in [0.2, 0.25) is 0 Å². The number of rotatable bonds is 6. The van der Waals surface area contributed by atoms with Gasteiger partial charge in [-0.15, -0.1) is 69.3 Å². The number of thioether (sulfide) groups is 3. The Balaban J connectivity index is 1.39. The van der Waals surface area contributed by atoms with Gasteiger partial charge in [-0.25, -0.2) is 0 Å². The first-order chi connectivity index (χ1) is 16.8. The van der Waals surface area contributed by atoms with E-state index in [2.05, 4.69) is 160 Å². The molecule has 182 valence electrons. The van der Waals surface area contributed by atoms with Crippen LogP contribution in [0.1, 0.15) is 33.9 Å². The van der Waals surface area contributed by atoms with Crippen LogP contribution < -0.4 is 0 Å². The molecule has 0 bridgehead atoms. The van der Waals surface area contributed by atoms with E-state index in [1.54, 1.807) is 0 Å². The van der Waals surface area contributed by atoms with E-state index in [0.29, 0.717) is 0 Å². The molecular formula is C25H21Br3S6Si. The van der Waals surface area contributed by atoms with Crippen LogP contribution in [0.5, 0.6) is 0 Å². The highest BCUT2D eigenvalue weighted by atomic mass is 79.9. The molecule has 0 saturated heterocycles. The second-order valence-electron chi connectivity index (χ2n) is 8.87. The summed E-state index contributed by atoms with van der Waals surface area (Å²) >= 11 is 25.2. The van der Waals surface area contributed by atoms with Gasteiger partial charge >= 0.3 is 0 Å². The summed E-state index contributed by atoms with van der Waals surface area (Å²) in [6, 6.07) is 13.3. The van der Waals surface area contributed by atoms with Crippen molar-refractivity contribution in [1.29, 1.82) is 0 Å². The van der Waals surface area contributed by atoms with Gasteiger partial charge in [0.25, 0.3) is 0 Å². The number of halogens is 3. The molecule has 35 heavy (non-hydrogen) atoms. The van der Waals surface area contributed by atoms with E-state index in [1.165, 1.54) is 29.3 Å². The first kappa shape index (κ1) is 26.3. The molecule has 0 nitrogen and oxygen atoms in total. The van der Waals surface area contributed by atoms with E-state index in [1.807, 2.05) is 34.0 Å². The standard InChI is InChI=1S/C25H21Br3S6Si/c1-35(23(26)11-8-20(32-23)17-5-2-14-29-17,24(27)12-9-21(33-24)18-6-3-15-30-18)25(28)13-10-22(34-25)19-7-4-16-31-19/h2-10,14-16H,11-13H2,1H3. The third-order valence-electron chi connectivity index (χ3n) is 7.00.